The number of halogens is 1. The fourth-order valence-corrected chi connectivity index (χ4v) is 2.46. The minimum atomic E-state index is -0.856. The fraction of sp³-hybridized carbons (Fsp3) is 0.316. The zero-order valence-corrected chi connectivity index (χ0v) is 14.1. The summed E-state index contributed by atoms with van der Waals surface area (Å²) in [5, 5.41) is 10.2. The monoisotopic (exact) mass is 332 g/mol. The molecule has 0 fully saturated rings. The van der Waals surface area contributed by atoms with Crippen molar-refractivity contribution in [2.75, 3.05) is 6.61 Å². The van der Waals surface area contributed by atoms with Crippen LogP contribution in [0.25, 0.3) is 0 Å². The molecule has 0 saturated heterocycles. The summed E-state index contributed by atoms with van der Waals surface area (Å²) in [5.74, 6) is -0.321. The number of rotatable bonds is 7. The van der Waals surface area contributed by atoms with Gasteiger partial charge in [-0.15, -0.1) is 0 Å². The van der Waals surface area contributed by atoms with E-state index in [2.05, 4.69) is 13.8 Å². The lowest BCUT2D eigenvalue weighted by molar-refractivity contribution is -0.138. The number of carboxylic acid groups (broad SMARTS) is 1. The van der Waals surface area contributed by atoms with E-state index in [0.29, 0.717) is 24.0 Å². The van der Waals surface area contributed by atoms with E-state index < -0.39 is 11.9 Å². The molecule has 2 rings (SSSR count). The third-order valence-electron chi connectivity index (χ3n) is 3.54. The second kappa shape index (κ2) is 8.02. The highest BCUT2D eigenvalue weighted by molar-refractivity contribution is 6.30. The van der Waals surface area contributed by atoms with Gasteiger partial charge in [-0.25, -0.2) is 0 Å². The molecule has 0 spiro atoms. The zero-order chi connectivity index (χ0) is 16.8. The molecule has 3 nitrogen and oxygen atoms in total. The number of aliphatic carboxylic acids is 1. The molecule has 0 amide bonds. The Hall–Kier alpha value is -2.00. The maximum absolute atomic E-state index is 11.7. The Balaban J connectivity index is 2.23. The topological polar surface area (TPSA) is 46.5 Å². The Morgan fingerprint density at radius 1 is 1.13 bits per heavy atom. The van der Waals surface area contributed by atoms with Crippen LogP contribution in [0.4, 0.5) is 0 Å². The molecule has 0 aliphatic carbocycles. The van der Waals surface area contributed by atoms with Gasteiger partial charge < -0.3 is 9.84 Å². The van der Waals surface area contributed by atoms with Crippen LogP contribution >= 0.6 is 11.6 Å². The molecule has 0 saturated carbocycles. The molecule has 4 heteroatoms. The quantitative estimate of drug-likeness (QED) is 0.793. The van der Waals surface area contributed by atoms with Crippen LogP contribution in [0.5, 0.6) is 5.75 Å². The van der Waals surface area contributed by atoms with Gasteiger partial charge in [-0.1, -0.05) is 55.8 Å². The van der Waals surface area contributed by atoms with Crippen molar-refractivity contribution in [2.45, 2.75) is 26.2 Å². The molecule has 0 aliphatic heterocycles. The second-order valence-corrected chi connectivity index (χ2v) is 6.40. The van der Waals surface area contributed by atoms with Crippen molar-refractivity contribution in [3.63, 3.8) is 0 Å². The lowest BCUT2D eigenvalue weighted by atomic mass is 9.91. The van der Waals surface area contributed by atoms with Crippen LogP contribution in [0.2, 0.25) is 5.02 Å². The Morgan fingerprint density at radius 3 is 2.39 bits per heavy atom. The van der Waals surface area contributed by atoms with Crippen LogP contribution in [0.1, 0.15) is 30.9 Å². The molecule has 0 bridgehead atoms. The van der Waals surface area contributed by atoms with Crippen molar-refractivity contribution in [3.05, 3.63) is 64.7 Å². The summed E-state index contributed by atoms with van der Waals surface area (Å²) < 4.78 is 5.82. The number of carbonyl (C=O) groups is 1. The predicted octanol–water partition coefficient (Wildman–Crippen LogP) is 4.79. The molecule has 0 aliphatic rings. The molecule has 0 aromatic heterocycles. The van der Waals surface area contributed by atoms with Gasteiger partial charge in [0.05, 0.1) is 12.5 Å². The Morgan fingerprint density at radius 2 is 1.78 bits per heavy atom. The van der Waals surface area contributed by atoms with E-state index in [1.165, 1.54) is 0 Å². The van der Waals surface area contributed by atoms with Crippen molar-refractivity contribution < 1.29 is 14.6 Å². The van der Waals surface area contributed by atoms with Crippen molar-refractivity contribution in [2.24, 2.45) is 5.92 Å². The largest absolute Gasteiger partial charge is 0.493 e. The third-order valence-corrected chi connectivity index (χ3v) is 3.79. The molecule has 0 radical (unpaired) electrons. The standard InChI is InChI=1S/C19H21ClO3/c1-13(2)12-23-18-6-4-3-5-15(18)11-17(19(21)22)14-7-9-16(20)10-8-14/h3-10,13,17H,11-12H2,1-2H3,(H,21,22). The summed E-state index contributed by atoms with van der Waals surface area (Å²) in [6.07, 6.45) is 0.380. The Kier molecular flexibility index (Phi) is 6.05. The van der Waals surface area contributed by atoms with E-state index in [-0.39, 0.29) is 0 Å². The van der Waals surface area contributed by atoms with E-state index in [4.69, 9.17) is 16.3 Å². The van der Waals surface area contributed by atoms with Gasteiger partial charge >= 0.3 is 5.97 Å². The van der Waals surface area contributed by atoms with Gasteiger partial charge in [0.25, 0.3) is 0 Å². The Labute approximate surface area is 141 Å². The maximum Gasteiger partial charge on any atom is 0.311 e. The maximum atomic E-state index is 11.7. The number of hydrogen-bond donors (Lipinski definition) is 1. The molecule has 1 atom stereocenters. The number of carboxylic acids is 1. The normalized spacial score (nSPS) is 12.2. The van der Waals surface area contributed by atoms with Gasteiger partial charge in [-0.05, 0) is 41.7 Å². The van der Waals surface area contributed by atoms with Gasteiger partial charge in [0.2, 0.25) is 0 Å². The summed E-state index contributed by atoms with van der Waals surface area (Å²) in [7, 11) is 0. The van der Waals surface area contributed by atoms with Crippen LogP contribution in [0, 0.1) is 5.92 Å². The minimum absolute atomic E-state index is 0.380. The number of benzene rings is 2. The summed E-state index contributed by atoms with van der Waals surface area (Å²) in [5.41, 5.74) is 1.64. The molecule has 23 heavy (non-hydrogen) atoms. The van der Waals surface area contributed by atoms with Crippen LogP contribution < -0.4 is 4.74 Å². The predicted molar refractivity (Wildman–Crippen MR) is 92.3 cm³/mol. The molecule has 0 heterocycles. The molecule has 2 aromatic rings. The van der Waals surface area contributed by atoms with Crippen LogP contribution in [-0.2, 0) is 11.2 Å². The first kappa shape index (κ1) is 17.4. The van der Waals surface area contributed by atoms with Crippen molar-refractivity contribution in [1.82, 2.24) is 0 Å². The lowest BCUT2D eigenvalue weighted by Gasteiger charge is -2.17. The van der Waals surface area contributed by atoms with E-state index >= 15 is 0 Å². The molecule has 2 aromatic carbocycles. The molecule has 1 unspecified atom stereocenters. The summed E-state index contributed by atoms with van der Waals surface area (Å²) in [6, 6.07) is 14.6. The lowest BCUT2D eigenvalue weighted by Crippen LogP contribution is -2.15. The van der Waals surface area contributed by atoms with E-state index in [1.807, 2.05) is 24.3 Å². The highest BCUT2D eigenvalue weighted by atomic mass is 35.5. The average molecular weight is 333 g/mol. The average Bonchev–Trinajstić information content (AvgIpc) is 2.52. The summed E-state index contributed by atoms with van der Waals surface area (Å²) >= 11 is 5.88. The fourth-order valence-electron chi connectivity index (χ4n) is 2.33. The second-order valence-electron chi connectivity index (χ2n) is 5.96. The zero-order valence-electron chi connectivity index (χ0n) is 13.3. The first-order valence-corrected chi connectivity index (χ1v) is 8.04. The molecule has 1 N–H and O–H groups in total. The minimum Gasteiger partial charge on any atom is -0.493 e. The third kappa shape index (κ3) is 5.00. The van der Waals surface area contributed by atoms with Crippen LogP contribution in [0.3, 0.4) is 0 Å². The number of hydrogen-bond acceptors (Lipinski definition) is 2. The van der Waals surface area contributed by atoms with Gasteiger partial charge in [-0.2, -0.15) is 0 Å². The summed E-state index contributed by atoms with van der Waals surface area (Å²) in [4.78, 5) is 11.7. The smallest absolute Gasteiger partial charge is 0.311 e. The van der Waals surface area contributed by atoms with Crippen molar-refractivity contribution in [3.8, 4) is 5.75 Å². The highest BCUT2D eigenvalue weighted by Gasteiger charge is 2.22. The van der Waals surface area contributed by atoms with Crippen molar-refractivity contribution in [1.29, 1.82) is 0 Å². The Bertz CT molecular complexity index is 650. The summed E-state index contributed by atoms with van der Waals surface area (Å²) in [6.45, 7) is 4.77. The van der Waals surface area contributed by atoms with Crippen molar-refractivity contribution >= 4 is 17.6 Å². The van der Waals surface area contributed by atoms with Gasteiger partial charge in [0.1, 0.15) is 5.75 Å². The van der Waals surface area contributed by atoms with Gasteiger partial charge in [0.15, 0.2) is 0 Å². The molecular formula is C19H21ClO3. The number of ether oxygens (including phenoxy) is 1. The highest BCUT2D eigenvalue weighted by Crippen LogP contribution is 2.28. The van der Waals surface area contributed by atoms with E-state index in [1.54, 1.807) is 24.3 Å². The van der Waals surface area contributed by atoms with Crippen LogP contribution in [0.15, 0.2) is 48.5 Å². The first-order chi connectivity index (χ1) is 11.0. The molecular weight excluding hydrogens is 312 g/mol. The first-order valence-electron chi connectivity index (χ1n) is 7.66. The molecule has 122 valence electrons. The number of para-hydroxylation sites is 1. The van der Waals surface area contributed by atoms with Gasteiger partial charge in [-0.3, -0.25) is 4.79 Å². The van der Waals surface area contributed by atoms with Gasteiger partial charge in [0, 0.05) is 5.02 Å². The SMILES string of the molecule is CC(C)COc1ccccc1CC(C(=O)O)c1ccc(Cl)cc1. The van der Waals surface area contributed by atoms with E-state index in [9.17, 15) is 9.90 Å². The van der Waals surface area contributed by atoms with Crippen LogP contribution in [-0.4, -0.2) is 17.7 Å². The van der Waals surface area contributed by atoms with E-state index in [0.717, 1.165) is 16.9 Å².